The van der Waals surface area contributed by atoms with Crippen LogP contribution in [0.15, 0.2) is 158 Å². The summed E-state index contributed by atoms with van der Waals surface area (Å²) in [5.74, 6) is -1.07. The third-order valence-corrected chi connectivity index (χ3v) is 11.0. The predicted octanol–water partition coefficient (Wildman–Crippen LogP) is 19.0. The lowest BCUT2D eigenvalue weighted by Gasteiger charge is -2.18. The minimum absolute atomic E-state index is 0.132. The average Bonchev–Trinajstić information content (AvgIpc) is 3.37. The fourth-order valence-electron chi connectivity index (χ4n) is 6.88. The Morgan fingerprint density at radius 3 is 0.958 bits per heavy atom. The van der Waals surface area contributed by atoms with Crippen molar-refractivity contribution in [3.05, 3.63) is 158 Å². The highest BCUT2D eigenvalue weighted by atomic mass is 16.6. The van der Waals surface area contributed by atoms with Gasteiger partial charge in [-0.15, -0.1) is 0 Å². The number of allylic oxidation sites excluding steroid dienone is 26. The molecule has 0 amide bonds. The summed E-state index contributed by atoms with van der Waals surface area (Å²) in [6.45, 7) is 6.26. The number of carbonyl (C=O) groups is 3. The van der Waals surface area contributed by atoms with Gasteiger partial charge in [-0.3, -0.25) is 14.4 Å². The summed E-state index contributed by atoms with van der Waals surface area (Å²) in [5, 5.41) is 0. The molecule has 0 saturated carbocycles. The Morgan fingerprint density at radius 2 is 0.577 bits per heavy atom. The molecule has 1 atom stereocenters. The fraction of sp³-hybridized carbons (Fsp3) is 0.554. The zero-order chi connectivity index (χ0) is 51.4. The molecule has 0 bridgehead atoms. The molecule has 0 saturated heterocycles. The Labute approximate surface area is 435 Å². The topological polar surface area (TPSA) is 78.9 Å². The number of carbonyl (C=O) groups excluding carboxylic acids is 3. The molecule has 0 aromatic rings. The van der Waals surface area contributed by atoms with E-state index in [1.807, 2.05) is 12.2 Å². The molecule has 0 spiro atoms. The van der Waals surface area contributed by atoms with Crippen molar-refractivity contribution in [3.8, 4) is 0 Å². The van der Waals surface area contributed by atoms with E-state index in [1.54, 1.807) is 0 Å². The van der Waals surface area contributed by atoms with Crippen LogP contribution >= 0.6 is 0 Å². The van der Waals surface area contributed by atoms with Gasteiger partial charge in [-0.1, -0.05) is 217 Å². The van der Waals surface area contributed by atoms with Gasteiger partial charge in [0.1, 0.15) is 13.2 Å². The van der Waals surface area contributed by atoms with Gasteiger partial charge < -0.3 is 14.2 Å². The summed E-state index contributed by atoms with van der Waals surface area (Å²) in [6.07, 6.45) is 83.8. The number of hydrogen-bond donors (Lipinski definition) is 0. The van der Waals surface area contributed by atoms with E-state index in [2.05, 4.69) is 167 Å². The molecule has 0 heterocycles. The van der Waals surface area contributed by atoms with Crippen molar-refractivity contribution < 1.29 is 28.6 Å². The van der Waals surface area contributed by atoms with Gasteiger partial charge in [0, 0.05) is 19.3 Å². The second-order valence-electron chi connectivity index (χ2n) is 17.7. The molecule has 0 aromatic heterocycles. The van der Waals surface area contributed by atoms with Gasteiger partial charge in [-0.05, 0) is 135 Å². The first-order valence-electron chi connectivity index (χ1n) is 28.0. The van der Waals surface area contributed by atoms with E-state index in [0.717, 1.165) is 141 Å². The van der Waals surface area contributed by atoms with Crippen LogP contribution in [-0.2, 0) is 28.6 Å². The van der Waals surface area contributed by atoms with E-state index >= 15 is 0 Å². The molecule has 1 unspecified atom stereocenters. The van der Waals surface area contributed by atoms with E-state index < -0.39 is 6.10 Å². The van der Waals surface area contributed by atoms with Crippen molar-refractivity contribution in [2.75, 3.05) is 13.2 Å². The number of hydrogen-bond acceptors (Lipinski definition) is 6. The molecule has 71 heavy (non-hydrogen) atoms. The summed E-state index contributed by atoms with van der Waals surface area (Å²) in [5.41, 5.74) is 0. The molecule has 0 radical (unpaired) electrons. The van der Waals surface area contributed by atoms with Crippen LogP contribution in [0.2, 0.25) is 0 Å². The molecule has 0 aromatic carbocycles. The van der Waals surface area contributed by atoms with Gasteiger partial charge in [0.2, 0.25) is 0 Å². The van der Waals surface area contributed by atoms with Crippen molar-refractivity contribution in [1.29, 1.82) is 0 Å². The first-order valence-corrected chi connectivity index (χ1v) is 28.0. The standard InChI is InChI=1S/C65H100O6/c1-4-7-10-13-16-19-22-25-28-30-32-34-37-39-42-45-48-51-54-57-63(66)69-60-62(71-65(68)59-56-53-50-47-44-41-36-27-24-21-18-15-12-9-6-3)61-70-64(67)58-55-52-49-46-43-40-38-35-33-31-29-26-23-20-17-14-11-8-5-2/h7-8,10-11,16-21,25-29,32-36,39-40,42-43,48,51,62H,4-6,9,12-15,22-24,30-31,37-38,41,44-47,49-50,52-61H2,1-3H3. The molecule has 0 aliphatic carbocycles. The van der Waals surface area contributed by atoms with Gasteiger partial charge >= 0.3 is 17.9 Å². The van der Waals surface area contributed by atoms with Crippen LogP contribution in [0.1, 0.15) is 213 Å². The SMILES string of the molecule is CCC=CCC=CCC=CCC=CCC=CCC=CCCC(=O)OCC(COC(=O)CCCCCC=CCC=CCC=CCC=CCC=CCC)OC(=O)CCCCCCCC=CCC=CCCCCC. The number of esters is 3. The van der Waals surface area contributed by atoms with Crippen molar-refractivity contribution in [1.82, 2.24) is 0 Å². The maximum Gasteiger partial charge on any atom is 0.306 e. The Balaban J connectivity index is 4.61. The molecule has 0 rings (SSSR count). The highest BCUT2D eigenvalue weighted by molar-refractivity contribution is 5.71. The van der Waals surface area contributed by atoms with Gasteiger partial charge in [0.05, 0.1) is 0 Å². The first kappa shape index (κ1) is 66.0. The van der Waals surface area contributed by atoms with Crippen LogP contribution in [-0.4, -0.2) is 37.2 Å². The zero-order valence-electron chi connectivity index (χ0n) is 45.2. The van der Waals surface area contributed by atoms with Gasteiger partial charge in [0.15, 0.2) is 6.10 Å². The molecule has 396 valence electrons. The third-order valence-electron chi connectivity index (χ3n) is 11.0. The van der Waals surface area contributed by atoms with Crippen LogP contribution in [0, 0.1) is 0 Å². The largest absolute Gasteiger partial charge is 0.462 e. The summed E-state index contributed by atoms with van der Waals surface area (Å²) >= 11 is 0. The van der Waals surface area contributed by atoms with Crippen LogP contribution in [0.3, 0.4) is 0 Å². The van der Waals surface area contributed by atoms with E-state index in [9.17, 15) is 14.4 Å². The Morgan fingerprint density at radius 1 is 0.296 bits per heavy atom. The summed E-state index contributed by atoms with van der Waals surface area (Å²) in [6, 6.07) is 0. The van der Waals surface area contributed by atoms with Crippen molar-refractivity contribution >= 4 is 17.9 Å². The maximum absolute atomic E-state index is 12.8. The van der Waals surface area contributed by atoms with E-state index in [0.29, 0.717) is 12.8 Å². The van der Waals surface area contributed by atoms with Crippen LogP contribution in [0.4, 0.5) is 0 Å². The molecule has 0 fully saturated rings. The molecule has 0 aliphatic rings. The monoisotopic (exact) mass is 977 g/mol. The van der Waals surface area contributed by atoms with Crippen LogP contribution in [0.25, 0.3) is 0 Å². The Bertz CT molecular complexity index is 1640. The van der Waals surface area contributed by atoms with E-state index in [1.165, 1.54) is 25.7 Å². The predicted molar refractivity (Wildman–Crippen MR) is 306 cm³/mol. The highest BCUT2D eigenvalue weighted by Gasteiger charge is 2.19. The van der Waals surface area contributed by atoms with E-state index in [-0.39, 0.29) is 44.0 Å². The Hall–Kier alpha value is -4.97. The molecule has 0 aliphatic heterocycles. The quantitative estimate of drug-likeness (QED) is 0.0262. The summed E-state index contributed by atoms with van der Waals surface area (Å²) in [4.78, 5) is 38.1. The number of rotatable bonds is 48. The molecular formula is C65H100O6. The molecular weight excluding hydrogens is 877 g/mol. The van der Waals surface area contributed by atoms with Gasteiger partial charge in [-0.2, -0.15) is 0 Å². The molecule has 6 heteroatoms. The molecule has 0 N–H and O–H groups in total. The Kier molecular flexibility index (Phi) is 53.6. The second-order valence-corrected chi connectivity index (χ2v) is 17.7. The minimum Gasteiger partial charge on any atom is -0.462 e. The van der Waals surface area contributed by atoms with Crippen LogP contribution < -0.4 is 0 Å². The van der Waals surface area contributed by atoms with Crippen molar-refractivity contribution in [2.24, 2.45) is 0 Å². The van der Waals surface area contributed by atoms with Crippen molar-refractivity contribution in [2.45, 2.75) is 219 Å². The smallest absolute Gasteiger partial charge is 0.306 e. The lowest BCUT2D eigenvalue weighted by molar-refractivity contribution is -0.166. The fourth-order valence-corrected chi connectivity index (χ4v) is 6.88. The normalized spacial score (nSPS) is 13.3. The average molecular weight is 978 g/mol. The summed E-state index contributed by atoms with van der Waals surface area (Å²) in [7, 11) is 0. The van der Waals surface area contributed by atoms with Crippen molar-refractivity contribution in [3.63, 3.8) is 0 Å². The lowest BCUT2D eigenvalue weighted by atomic mass is 10.1. The first-order chi connectivity index (χ1) is 35.0. The zero-order valence-corrected chi connectivity index (χ0v) is 45.2. The summed E-state index contributed by atoms with van der Waals surface area (Å²) < 4.78 is 16.7. The second kappa shape index (κ2) is 57.6. The lowest BCUT2D eigenvalue weighted by Crippen LogP contribution is -2.30. The minimum atomic E-state index is -0.838. The highest BCUT2D eigenvalue weighted by Crippen LogP contribution is 2.12. The number of unbranched alkanes of at least 4 members (excludes halogenated alkanes) is 11. The van der Waals surface area contributed by atoms with Crippen LogP contribution in [0.5, 0.6) is 0 Å². The van der Waals surface area contributed by atoms with Gasteiger partial charge in [-0.25, -0.2) is 0 Å². The molecule has 6 nitrogen and oxygen atoms in total. The van der Waals surface area contributed by atoms with Gasteiger partial charge in [0.25, 0.3) is 0 Å². The third kappa shape index (κ3) is 55.8. The number of ether oxygens (including phenoxy) is 3. The maximum atomic E-state index is 12.8. The van der Waals surface area contributed by atoms with E-state index in [4.69, 9.17) is 14.2 Å².